The summed E-state index contributed by atoms with van der Waals surface area (Å²) >= 11 is 1.74. The third-order valence-electron chi connectivity index (χ3n) is 4.33. The summed E-state index contributed by atoms with van der Waals surface area (Å²) in [6.45, 7) is 6.33. The Morgan fingerprint density at radius 3 is 2.64 bits per heavy atom. The number of halogens is 1. The van der Waals surface area contributed by atoms with Crippen molar-refractivity contribution in [3.8, 4) is 0 Å². The zero-order valence-electron chi connectivity index (χ0n) is 14.1. The number of nitrogens with one attached hydrogen (secondary N) is 1. The average Bonchev–Trinajstić information content (AvgIpc) is 2.88. The van der Waals surface area contributed by atoms with Crippen LogP contribution < -0.4 is 5.32 Å². The molecule has 0 atom stereocenters. The average molecular weight is 436 g/mol. The van der Waals surface area contributed by atoms with E-state index in [0.717, 1.165) is 35.9 Å². The molecule has 1 heterocycles. The molecule has 0 bridgehead atoms. The molecule has 0 aromatic carbocycles. The highest BCUT2D eigenvalue weighted by Crippen LogP contribution is 2.28. The van der Waals surface area contributed by atoms with Crippen LogP contribution >= 0.6 is 35.3 Å². The van der Waals surface area contributed by atoms with Gasteiger partial charge in [0.1, 0.15) is 0 Å². The highest BCUT2D eigenvalue weighted by atomic mass is 127. The number of aliphatic imine (C=N–C) groups is 1. The van der Waals surface area contributed by atoms with Gasteiger partial charge in [0.25, 0.3) is 0 Å². The van der Waals surface area contributed by atoms with Crippen molar-refractivity contribution < 1.29 is 0 Å². The van der Waals surface area contributed by atoms with Crippen molar-refractivity contribution in [1.29, 1.82) is 0 Å². The molecule has 0 radical (unpaired) electrons. The Labute approximate surface area is 155 Å². The van der Waals surface area contributed by atoms with E-state index in [-0.39, 0.29) is 24.0 Å². The first kappa shape index (κ1) is 19.7. The fourth-order valence-electron chi connectivity index (χ4n) is 3.02. The number of nitrogens with zero attached hydrogens (tertiary/aromatic N) is 3. The largest absolute Gasteiger partial charge is 0.351 e. The van der Waals surface area contributed by atoms with Crippen LogP contribution in [0.3, 0.4) is 0 Å². The topological polar surface area (TPSA) is 40.5 Å². The number of hydrogen-bond acceptors (Lipinski definition) is 3. The van der Waals surface area contributed by atoms with Gasteiger partial charge in [-0.15, -0.1) is 35.3 Å². The van der Waals surface area contributed by atoms with E-state index in [1.165, 1.54) is 30.6 Å². The fraction of sp³-hybridized carbons (Fsp3) is 0.750. The second-order valence-electron chi connectivity index (χ2n) is 6.25. The molecule has 0 saturated heterocycles. The maximum absolute atomic E-state index is 4.41. The molecule has 0 spiro atoms. The first-order valence-corrected chi connectivity index (χ1v) is 8.73. The van der Waals surface area contributed by atoms with Crippen molar-refractivity contribution in [2.75, 3.05) is 20.6 Å². The molecule has 1 saturated carbocycles. The first-order valence-electron chi connectivity index (χ1n) is 7.91. The van der Waals surface area contributed by atoms with Gasteiger partial charge in [0, 0.05) is 31.7 Å². The normalized spacial score (nSPS) is 22.1. The Bertz CT molecular complexity index is 466. The lowest BCUT2D eigenvalue weighted by Crippen LogP contribution is -2.41. The minimum atomic E-state index is 0. The number of thiazole rings is 1. The predicted octanol–water partition coefficient (Wildman–Crippen LogP) is 3.90. The lowest BCUT2D eigenvalue weighted by molar-refractivity contribution is 0.250. The monoisotopic (exact) mass is 436 g/mol. The van der Waals surface area contributed by atoms with Crippen LogP contribution in [-0.2, 0) is 6.54 Å². The molecule has 2 rings (SSSR count). The first-order chi connectivity index (χ1) is 10.1. The molecule has 6 heteroatoms. The van der Waals surface area contributed by atoms with Crippen molar-refractivity contribution in [3.05, 3.63) is 16.1 Å². The van der Waals surface area contributed by atoms with E-state index >= 15 is 0 Å². The summed E-state index contributed by atoms with van der Waals surface area (Å²) in [5.41, 5.74) is 0. The summed E-state index contributed by atoms with van der Waals surface area (Å²) in [4.78, 5) is 12.2. The van der Waals surface area contributed by atoms with Crippen LogP contribution in [0.5, 0.6) is 0 Å². The standard InChI is InChI=1S/C16H28N4S.HI/c1-12-5-7-14(8-6-12)11-20(4)16(17-3)19-10-15-9-18-13(2)21-15;/h9,12,14H,5-8,10-11H2,1-4H3,(H,17,19);1H. The molecule has 0 aliphatic heterocycles. The van der Waals surface area contributed by atoms with Crippen LogP contribution in [0.2, 0.25) is 0 Å². The van der Waals surface area contributed by atoms with E-state index in [9.17, 15) is 0 Å². The van der Waals surface area contributed by atoms with E-state index in [4.69, 9.17) is 0 Å². The van der Waals surface area contributed by atoms with Crippen LogP contribution in [0.25, 0.3) is 0 Å². The predicted molar refractivity (Wildman–Crippen MR) is 106 cm³/mol. The molecule has 1 aromatic heterocycles. The van der Waals surface area contributed by atoms with Gasteiger partial charge in [-0.2, -0.15) is 0 Å². The van der Waals surface area contributed by atoms with Gasteiger partial charge >= 0.3 is 0 Å². The van der Waals surface area contributed by atoms with E-state index in [1.54, 1.807) is 11.3 Å². The van der Waals surface area contributed by atoms with E-state index < -0.39 is 0 Å². The Balaban J connectivity index is 0.00000242. The number of hydrogen-bond donors (Lipinski definition) is 1. The zero-order chi connectivity index (χ0) is 15.2. The molecular weight excluding hydrogens is 407 g/mol. The van der Waals surface area contributed by atoms with Gasteiger partial charge in [0.2, 0.25) is 0 Å². The maximum Gasteiger partial charge on any atom is 0.193 e. The van der Waals surface area contributed by atoms with Gasteiger partial charge in [-0.25, -0.2) is 4.98 Å². The number of aromatic nitrogens is 1. The van der Waals surface area contributed by atoms with Crippen LogP contribution in [0.15, 0.2) is 11.2 Å². The SMILES string of the molecule is CN=C(NCc1cnc(C)s1)N(C)CC1CCC(C)CC1.I. The minimum absolute atomic E-state index is 0. The highest BCUT2D eigenvalue weighted by Gasteiger charge is 2.20. The van der Waals surface area contributed by atoms with Crippen LogP contribution in [0.4, 0.5) is 0 Å². The van der Waals surface area contributed by atoms with Crippen LogP contribution in [0.1, 0.15) is 42.5 Å². The van der Waals surface area contributed by atoms with Crippen molar-refractivity contribution in [2.45, 2.75) is 46.1 Å². The quantitative estimate of drug-likeness (QED) is 0.442. The van der Waals surface area contributed by atoms with E-state index in [1.807, 2.05) is 20.2 Å². The fourth-order valence-corrected chi connectivity index (χ4v) is 3.76. The van der Waals surface area contributed by atoms with Gasteiger partial charge in [-0.05, 0) is 31.6 Å². The third kappa shape index (κ3) is 6.02. The third-order valence-corrected chi connectivity index (χ3v) is 5.24. The second kappa shape index (κ2) is 9.70. The molecule has 1 aliphatic carbocycles. The van der Waals surface area contributed by atoms with Crippen molar-refractivity contribution >= 4 is 41.3 Å². The summed E-state index contributed by atoms with van der Waals surface area (Å²) in [7, 11) is 4.00. The summed E-state index contributed by atoms with van der Waals surface area (Å²) in [6, 6.07) is 0. The molecule has 0 unspecified atom stereocenters. The molecule has 126 valence electrons. The Morgan fingerprint density at radius 1 is 1.41 bits per heavy atom. The van der Waals surface area contributed by atoms with Crippen LogP contribution in [0, 0.1) is 18.8 Å². The van der Waals surface area contributed by atoms with Gasteiger partial charge in [-0.3, -0.25) is 4.99 Å². The van der Waals surface area contributed by atoms with Gasteiger partial charge < -0.3 is 10.2 Å². The minimum Gasteiger partial charge on any atom is -0.351 e. The molecular formula is C16H29IN4S. The lowest BCUT2D eigenvalue weighted by Gasteiger charge is -2.31. The molecule has 1 fully saturated rings. The van der Waals surface area contributed by atoms with E-state index in [2.05, 4.69) is 34.2 Å². The molecule has 4 nitrogen and oxygen atoms in total. The van der Waals surface area contributed by atoms with E-state index in [0.29, 0.717) is 0 Å². The number of rotatable bonds is 4. The second-order valence-corrected chi connectivity index (χ2v) is 7.57. The summed E-state index contributed by atoms with van der Waals surface area (Å²) < 4.78 is 0. The number of guanidine groups is 1. The summed E-state index contributed by atoms with van der Waals surface area (Å²) in [5, 5.41) is 4.56. The smallest absolute Gasteiger partial charge is 0.193 e. The summed E-state index contributed by atoms with van der Waals surface area (Å²) in [6.07, 6.45) is 7.42. The number of aryl methyl sites for hydroxylation is 1. The molecule has 1 aliphatic rings. The zero-order valence-corrected chi connectivity index (χ0v) is 17.3. The Hall–Kier alpha value is -0.370. The Kier molecular flexibility index (Phi) is 8.67. The van der Waals surface area contributed by atoms with Gasteiger partial charge in [0.15, 0.2) is 5.96 Å². The van der Waals surface area contributed by atoms with Crippen molar-refractivity contribution in [3.63, 3.8) is 0 Å². The maximum atomic E-state index is 4.41. The molecule has 1 aromatic rings. The lowest BCUT2D eigenvalue weighted by atomic mass is 9.83. The highest BCUT2D eigenvalue weighted by molar-refractivity contribution is 14.0. The molecule has 1 N–H and O–H groups in total. The van der Waals surface area contributed by atoms with Crippen molar-refractivity contribution in [2.24, 2.45) is 16.8 Å². The van der Waals surface area contributed by atoms with Crippen molar-refractivity contribution in [1.82, 2.24) is 15.2 Å². The summed E-state index contributed by atoms with van der Waals surface area (Å²) in [5.74, 6) is 2.72. The van der Waals surface area contributed by atoms with Crippen LogP contribution in [-0.4, -0.2) is 36.5 Å². The van der Waals surface area contributed by atoms with Gasteiger partial charge in [0.05, 0.1) is 11.6 Å². The van der Waals surface area contributed by atoms with Gasteiger partial charge in [-0.1, -0.05) is 19.8 Å². The molecule has 0 amide bonds. The Morgan fingerprint density at radius 2 is 2.09 bits per heavy atom. The molecule has 22 heavy (non-hydrogen) atoms.